The molecule has 2 rings (SSSR count). The Bertz CT molecular complexity index is 860. The summed E-state index contributed by atoms with van der Waals surface area (Å²) in [6, 6.07) is 19.7. The normalized spacial score (nSPS) is 13.4. The van der Waals surface area contributed by atoms with Gasteiger partial charge in [-0.2, -0.15) is 0 Å². The van der Waals surface area contributed by atoms with Crippen molar-refractivity contribution in [3.8, 4) is 0 Å². The molecular weight excluding hydrogens is 404 g/mol. The lowest BCUT2D eigenvalue weighted by Crippen LogP contribution is -2.47. The van der Waals surface area contributed by atoms with E-state index >= 15 is 0 Å². The van der Waals surface area contributed by atoms with Gasteiger partial charge in [-0.25, -0.2) is 10.2 Å². The van der Waals surface area contributed by atoms with Gasteiger partial charge < -0.3 is 9.84 Å². The highest BCUT2D eigenvalue weighted by Gasteiger charge is 2.23. The molecule has 3 N–H and O–H groups in total. The SMILES string of the molecule is CC(C)(C)OC(=O)NNC(=O)[C@H](CC=Cc1ccccc1)C[C@@H](O)CCc1ccccc1. The second-order valence-electron chi connectivity index (χ2n) is 8.78. The van der Waals surface area contributed by atoms with Crippen LogP contribution >= 0.6 is 0 Å². The number of aliphatic hydroxyl groups is 1. The first kappa shape index (κ1) is 25.1. The average molecular weight is 439 g/mol. The van der Waals surface area contributed by atoms with Crippen molar-refractivity contribution in [2.75, 3.05) is 0 Å². The van der Waals surface area contributed by atoms with Crippen LogP contribution in [0.5, 0.6) is 0 Å². The molecule has 0 unspecified atom stereocenters. The van der Waals surface area contributed by atoms with Crippen LogP contribution in [0.4, 0.5) is 4.79 Å². The zero-order chi connectivity index (χ0) is 23.4. The van der Waals surface area contributed by atoms with E-state index in [1.807, 2.05) is 72.8 Å². The Morgan fingerprint density at radius 3 is 2.25 bits per heavy atom. The molecule has 32 heavy (non-hydrogen) atoms. The Kier molecular flexibility index (Phi) is 9.95. The maximum atomic E-state index is 12.7. The van der Waals surface area contributed by atoms with Crippen molar-refractivity contribution < 1.29 is 19.4 Å². The van der Waals surface area contributed by atoms with Crippen molar-refractivity contribution in [2.24, 2.45) is 5.92 Å². The van der Waals surface area contributed by atoms with Gasteiger partial charge in [-0.3, -0.25) is 10.2 Å². The molecular formula is C26H34N2O4. The molecule has 0 aromatic heterocycles. The molecule has 6 nitrogen and oxygen atoms in total. The Hall–Kier alpha value is -3.12. The zero-order valence-corrected chi connectivity index (χ0v) is 19.1. The van der Waals surface area contributed by atoms with E-state index in [1.54, 1.807) is 20.8 Å². The van der Waals surface area contributed by atoms with Crippen molar-refractivity contribution in [3.05, 3.63) is 77.9 Å². The smallest absolute Gasteiger partial charge is 0.426 e. The van der Waals surface area contributed by atoms with Crippen molar-refractivity contribution >= 4 is 18.1 Å². The van der Waals surface area contributed by atoms with Crippen molar-refractivity contribution in [3.63, 3.8) is 0 Å². The Morgan fingerprint density at radius 1 is 1.00 bits per heavy atom. The van der Waals surface area contributed by atoms with Gasteiger partial charge in [0, 0.05) is 5.92 Å². The summed E-state index contributed by atoms with van der Waals surface area (Å²) in [5.41, 5.74) is 6.22. The standard InChI is InChI=1S/C26H34N2O4/c1-26(2,3)32-25(31)28-27-24(30)22(16-10-15-20-11-6-4-7-12-20)19-23(29)18-17-21-13-8-5-9-14-21/h4-15,22-23,29H,16-19H2,1-3H3,(H,27,30)(H,28,31)/t22-,23+/m1/s1. The predicted octanol–water partition coefficient (Wildman–Crippen LogP) is 4.65. The molecule has 0 radical (unpaired) electrons. The van der Waals surface area contributed by atoms with E-state index < -0.39 is 23.7 Å². The monoisotopic (exact) mass is 438 g/mol. The molecule has 0 aliphatic heterocycles. The summed E-state index contributed by atoms with van der Waals surface area (Å²) in [4.78, 5) is 24.6. The predicted molar refractivity (Wildman–Crippen MR) is 126 cm³/mol. The Balaban J connectivity index is 1.95. The van der Waals surface area contributed by atoms with Gasteiger partial charge in [0.05, 0.1) is 6.10 Å². The first-order valence-corrected chi connectivity index (χ1v) is 11.0. The number of allylic oxidation sites excluding steroid dienone is 1. The van der Waals surface area contributed by atoms with E-state index in [0.29, 0.717) is 12.8 Å². The minimum absolute atomic E-state index is 0.286. The number of hydrogen-bond acceptors (Lipinski definition) is 4. The summed E-state index contributed by atoms with van der Waals surface area (Å²) < 4.78 is 5.15. The second kappa shape index (κ2) is 12.7. The summed E-state index contributed by atoms with van der Waals surface area (Å²) in [5, 5.41) is 10.6. The van der Waals surface area contributed by atoms with E-state index in [-0.39, 0.29) is 12.3 Å². The van der Waals surface area contributed by atoms with Gasteiger partial charge >= 0.3 is 6.09 Å². The van der Waals surface area contributed by atoms with Crippen LogP contribution in [-0.4, -0.2) is 28.8 Å². The van der Waals surface area contributed by atoms with Gasteiger partial charge in [0.1, 0.15) is 5.60 Å². The molecule has 172 valence electrons. The fourth-order valence-corrected chi connectivity index (χ4v) is 3.19. The number of carbonyl (C=O) groups is 2. The van der Waals surface area contributed by atoms with Crippen LogP contribution in [0.15, 0.2) is 66.7 Å². The molecule has 0 saturated carbocycles. The molecule has 0 fully saturated rings. The Labute approximate surface area is 190 Å². The highest BCUT2D eigenvalue weighted by molar-refractivity contribution is 5.81. The first-order chi connectivity index (χ1) is 15.2. The molecule has 0 bridgehead atoms. The number of rotatable bonds is 9. The number of benzene rings is 2. The van der Waals surface area contributed by atoms with Crippen LogP contribution in [0.25, 0.3) is 6.08 Å². The number of hydrogen-bond donors (Lipinski definition) is 3. The number of amides is 2. The minimum Gasteiger partial charge on any atom is -0.443 e. The number of aliphatic hydroxyl groups excluding tert-OH is 1. The van der Waals surface area contributed by atoms with Gasteiger partial charge in [-0.05, 0) is 57.6 Å². The summed E-state index contributed by atoms with van der Waals surface area (Å²) in [7, 11) is 0. The number of hydrazine groups is 1. The molecule has 2 atom stereocenters. The quantitative estimate of drug-likeness (QED) is 0.498. The topological polar surface area (TPSA) is 87.7 Å². The fraction of sp³-hybridized carbons (Fsp3) is 0.385. The van der Waals surface area contributed by atoms with Crippen molar-refractivity contribution in [1.82, 2.24) is 10.9 Å². The van der Waals surface area contributed by atoms with Crippen LogP contribution in [0.1, 0.15) is 51.2 Å². The zero-order valence-electron chi connectivity index (χ0n) is 19.1. The maximum absolute atomic E-state index is 12.7. The molecule has 0 aliphatic rings. The molecule has 6 heteroatoms. The second-order valence-corrected chi connectivity index (χ2v) is 8.78. The lowest BCUT2D eigenvalue weighted by Gasteiger charge is -2.22. The van der Waals surface area contributed by atoms with E-state index in [9.17, 15) is 14.7 Å². The third-order valence-corrected chi connectivity index (χ3v) is 4.75. The molecule has 2 amide bonds. The third kappa shape index (κ3) is 10.3. The number of ether oxygens (including phenoxy) is 1. The summed E-state index contributed by atoms with van der Waals surface area (Å²) >= 11 is 0. The van der Waals surface area contributed by atoms with Crippen molar-refractivity contribution in [2.45, 2.75) is 58.2 Å². The minimum atomic E-state index is -0.728. The molecule has 2 aromatic rings. The van der Waals surface area contributed by atoms with Gasteiger partial charge in [-0.15, -0.1) is 0 Å². The first-order valence-electron chi connectivity index (χ1n) is 11.0. The van der Waals surface area contributed by atoms with Crippen LogP contribution in [0, 0.1) is 5.92 Å². The van der Waals surface area contributed by atoms with E-state index in [2.05, 4.69) is 10.9 Å². The largest absolute Gasteiger partial charge is 0.443 e. The fourth-order valence-electron chi connectivity index (χ4n) is 3.19. The van der Waals surface area contributed by atoms with Gasteiger partial charge in [-0.1, -0.05) is 72.8 Å². The molecule has 0 saturated heterocycles. The van der Waals surface area contributed by atoms with Gasteiger partial charge in [0.15, 0.2) is 0 Å². The van der Waals surface area contributed by atoms with Crippen LogP contribution in [0.3, 0.4) is 0 Å². The lowest BCUT2D eigenvalue weighted by atomic mass is 9.93. The summed E-state index contributed by atoms with van der Waals surface area (Å²) in [6.07, 6.45) is 4.48. The van der Waals surface area contributed by atoms with Crippen LogP contribution in [-0.2, 0) is 16.0 Å². The highest BCUT2D eigenvalue weighted by atomic mass is 16.6. The number of nitrogens with one attached hydrogen (secondary N) is 2. The summed E-state index contributed by atoms with van der Waals surface area (Å²) in [5.74, 6) is -0.872. The maximum Gasteiger partial charge on any atom is 0.426 e. The molecule has 2 aromatic carbocycles. The molecule has 0 spiro atoms. The summed E-state index contributed by atoms with van der Waals surface area (Å²) in [6.45, 7) is 5.23. The van der Waals surface area contributed by atoms with E-state index in [1.165, 1.54) is 0 Å². The van der Waals surface area contributed by atoms with Gasteiger partial charge in [0.2, 0.25) is 5.91 Å². The number of carbonyl (C=O) groups excluding carboxylic acids is 2. The van der Waals surface area contributed by atoms with Crippen LogP contribution < -0.4 is 10.9 Å². The average Bonchev–Trinajstić information content (AvgIpc) is 2.75. The Morgan fingerprint density at radius 2 is 1.62 bits per heavy atom. The van der Waals surface area contributed by atoms with E-state index in [0.717, 1.165) is 17.5 Å². The lowest BCUT2D eigenvalue weighted by molar-refractivity contribution is -0.127. The van der Waals surface area contributed by atoms with E-state index in [4.69, 9.17) is 4.74 Å². The third-order valence-electron chi connectivity index (χ3n) is 4.75. The molecule has 0 heterocycles. The van der Waals surface area contributed by atoms with Crippen LogP contribution in [0.2, 0.25) is 0 Å². The molecule has 0 aliphatic carbocycles. The highest BCUT2D eigenvalue weighted by Crippen LogP contribution is 2.17. The van der Waals surface area contributed by atoms with Gasteiger partial charge in [0.25, 0.3) is 0 Å². The van der Waals surface area contributed by atoms with Crippen molar-refractivity contribution in [1.29, 1.82) is 0 Å². The number of aryl methyl sites for hydroxylation is 1.